The molecule has 31 heavy (non-hydrogen) atoms. The van der Waals surface area contributed by atoms with Gasteiger partial charge < -0.3 is 9.30 Å². The Morgan fingerprint density at radius 3 is 2.58 bits per heavy atom. The number of rotatable bonds is 6. The normalized spacial score (nSPS) is 11.7. The number of hydrogen-bond donors (Lipinski definition) is 0. The first-order valence-electron chi connectivity index (χ1n) is 9.77. The first-order valence-corrected chi connectivity index (χ1v) is 11.8. The van der Waals surface area contributed by atoms with Gasteiger partial charge in [0.1, 0.15) is 11.3 Å². The second-order valence-corrected chi connectivity index (χ2v) is 9.61. The predicted octanol–water partition coefficient (Wildman–Crippen LogP) is 4.64. The van der Waals surface area contributed by atoms with Gasteiger partial charge >= 0.3 is 0 Å². The van der Waals surface area contributed by atoms with Gasteiger partial charge in [-0.1, -0.05) is 24.6 Å². The Morgan fingerprint density at radius 2 is 1.87 bits per heavy atom. The molecule has 0 saturated heterocycles. The van der Waals surface area contributed by atoms with E-state index in [4.69, 9.17) is 16.3 Å². The molecule has 0 spiro atoms. The first kappa shape index (κ1) is 21.3. The average molecular weight is 457 g/mol. The van der Waals surface area contributed by atoms with Gasteiger partial charge in [0.05, 0.1) is 30.3 Å². The summed E-state index contributed by atoms with van der Waals surface area (Å²) in [4.78, 5) is 4.72. The van der Waals surface area contributed by atoms with Crippen molar-refractivity contribution in [2.75, 3.05) is 12.9 Å². The second-order valence-electron chi connectivity index (χ2n) is 6.92. The number of imidazole rings is 1. The fourth-order valence-corrected chi connectivity index (χ4v) is 4.58. The SMILES string of the molecule is CCn1cnc2c(-c3ccc(Cl)c(-c4ccc(S(=O)(=O)CC)cc4OC)c3)cnnc21. The summed E-state index contributed by atoms with van der Waals surface area (Å²) in [5.74, 6) is 0.447. The van der Waals surface area contributed by atoms with E-state index >= 15 is 0 Å². The van der Waals surface area contributed by atoms with Crippen LogP contribution in [0, 0.1) is 0 Å². The lowest BCUT2D eigenvalue weighted by molar-refractivity contribution is 0.415. The fraction of sp³-hybridized carbons (Fsp3) is 0.227. The number of halogens is 1. The molecule has 160 valence electrons. The Hall–Kier alpha value is -2.97. The molecule has 0 amide bonds. The molecule has 0 atom stereocenters. The summed E-state index contributed by atoms with van der Waals surface area (Å²) in [5, 5.41) is 8.87. The number of benzene rings is 2. The van der Waals surface area contributed by atoms with Crippen LogP contribution in [0.25, 0.3) is 33.4 Å². The lowest BCUT2D eigenvalue weighted by atomic mass is 9.99. The molecule has 0 radical (unpaired) electrons. The Balaban J connectivity index is 1.88. The number of methoxy groups -OCH3 is 1. The quantitative estimate of drug-likeness (QED) is 0.420. The predicted molar refractivity (Wildman–Crippen MR) is 121 cm³/mol. The third kappa shape index (κ3) is 3.77. The fourth-order valence-electron chi connectivity index (χ4n) is 3.47. The molecule has 0 aliphatic rings. The van der Waals surface area contributed by atoms with E-state index in [2.05, 4.69) is 15.2 Å². The van der Waals surface area contributed by atoms with Gasteiger partial charge in [0, 0.05) is 28.3 Å². The van der Waals surface area contributed by atoms with Crippen molar-refractivity contribution in [1.82, 2.24) is 19.7 Å². The summed E-state index contributed by atoms with van der Waals surface area (Å²) in [6.45, 7) is 4.37. The Kier molecular flexibility index (Phi) is 5.68. The van der Waals surface area contributed by atoms with Crippen LogP contribution in [-0.2, 0) is 16.4 Å². The van der Waals surface area contributed by atoms with E-state index < -0.39 is 9.84 Å². The molecule has 0 aliphatic carbocycles. The minimum absolute atomic E-state index is 0.0151. The van der Waals surface area contributed by atoms with Crippen molar-refractivity contribution in [3.63, 3.8) is 0 Å². The van der Waals surface area contributed by atoms with Crippen molar-refractivity contribution in [2.24, 2.45) is 0 Å². The third-order valence-electron chi connectivity index (χ3n) is 5.22. The molecule has 0 unspecified atom stereocenters. The topological polar surface area (TPSA) is 87.0 Å². The monoisotopic (exact) mass is 456 g/mol. The second kappa shape index (κ2) is 8.28. The molecule has 4 aromatic rings. The van der Waals surface area contributed by atoms with Gasteiger partial charge in [0.25, 0.3) is 0 Å². The smallest absolute Gasteiger partial charge is 0.183 e. The Morgan fingerprint density at radius 1 is 1.06 bits per heavy atom. The zero-order valence-corrected chi connectivity index (χ0v) is 18.9. The minimum Gasteiger partial charge on any atom is -0.496 e. The van der Waals surface area contributed by atoms with Crippen LogP contribution in [-0.4, -0.2) is 41.0 Å². The number of ether oxygens (including phenoxy) is 1. The van der Waals surface area contributed by atoms with E-state index in [0.717, 1.165) is 28.8 Å². The number of aryl methyl sites for hydroxylation is 1. The van der Waals surface area contributed by atoms with E-state index in [1.165, 1.54) is 13.2 Å². The molecule has 2 aromatic carbocycles. The summed E-state index contributed by atoms with van der Waals surface area (Å²) in [6, 6.07) is 10.5. The van der Waals surface area contributed by atoms with Crippen molar-refractivity contribution in [1.29, 1.82) is 0 Å². The maximum absolute atomic E-state index is 12.3. The molecule has 0 fully saturated rings. The van der Waals surface area contributed by atoms with Crippen LogP contribution < -0.4 is 4.74 Å². The van der Waals surface area contributed by atoms with Crippen LogP contribution in [0.4, 0.5) is 0 Å². The van der Waals surface area contributed by atoms with Crippen LogP contribution in [0.1, 0.15) is 13.8 Å². The molecular formula is C22H21ClN4O3S. The van der Waals surface area contributed by atoms with E-state index in [9.17, 15) is 8.42 Å². The van der Waals surface area contributed by atoms with Crippen molar-refractivity contribution < 1.29 is 13.2 Å². The molecule has 2 heterocycles. The van der Waals surface area contributed by atoms with Gasteiger partial charge in [-0.25, -0.2) is 13.4 Å². The molecule has 0 aliphatic heterocycles. The van der Waals surface area contributed by atoms with Crippen LogP contribution in [0.15, 0.2) is 53.8 Å². The molecule has 7 nitrogen and oxygen atoms in total. The van der Waals surface area contributed by atoms with Gasteiger partial charge in [-0.05, 0) is 42.8 Å². The Bertz CT molecular complexity index is 1380. The average Bonchev–Trinajstić information content (AvgIpc) is 3.22. The van der Waals surface area contributed by atoms with E-state index in [0.29, 0.717) is 22.0 Å². The van der Waals surface area contributed by atoms with Gasteiger partial charge in [-0.3, -0.25) is 0 Å². The van der Waals surface area contributed by atoms with Crippen molar-refractivity contribution in [3.8, 4) is 28.0 Å². The Labute approximate surface area is 185 Å². The highest BCUT2D eigenvalue weighted by atomic mass is 35.5. The van der Waals surface area contributed by atoms with Crippen LogP contribution in [0.2, 0.25) is 5.02 Å². The molecule has 0 N–H and O–H groups in total. The van der Waals surface area contributed by atoms with E-state index in [1.807, 2.05) is 23.6 Å². The van der Waals surface area contributed by atoms with Gasteiger partial charge in [0.2, 0.25) is 0 Å². The standard InChI is InChI=1S/C22H21ClN4O3S/c1-4-27-13-24-21-18(12-25-26-22(21)27)14-6-9-19(23)17(10-14)16-8-7-15(11-20(16)30-3)31(28,29)5-2/h6-13H,4-5H2,1-3H3. The maximum atomic E-state index is 12.3. The number of nitrogens with zero attached hydrogens (tertiary/aromatic N) is 4. The third-order valence-corrected chi connectivity index (χ3v) is 7.29. The van der Waals surface area contributed by atoms with Gasteiger partial charge in [0.15, 0.2) is 15.5 Å². The first-order chi connectivity index (χ1) is 14.9. The summed E-state index contributed by atoms with van der Waals surface area (Å²) in [7, 11) is -1.85. The minimum atomic E-state index is -3.35. The molecule has 9 heteroatoms. The number of sulfone groups is 1. The number of aromatic nitrogens is 4. The molecular weight excluding hydrogens is 436 g/mol. The zero-order valence-electron chi connectivity index (χ0n) is 17.3. The summed E-state index contributed by atoms with van der Waals surface area (Å²) >= 11 is 6.53. The highest BCUT2D eigenvalue weighted by molar-refractivity contribution is 7.91. The zero-order chi connectivity index (χ0) is 22.2. The van der Waals surface area contributed by atoms with Crippen LogP contribution in [0.3, 0.4) is 0 Å². The lowest BCUT2D eigenvalue weighted by Gasteiger charge is -2.14. The molecule has 4 rings (SSSR count). The van der Waals surface area contributed by atoms with Gasteiger partial charge in [-0.2, -0.15) is 5.10 Å². The van der Waals surface area contributed by atoms with Crippen LogP contribution in [0.5, 0.6) is 5.75 Å². The summed E-state index contributed by atoms with van der Waals surface area (Å²) in [5.41, 5.74) is 4.58. The van der Waals surface area contributed by atoms with Crippen molar-refractivity contribution in [2.45, 2.75) is 25.3 Å². The van der Waals surface area contributed by atoms with Crippen molar-refractivity contribution in [3.05, 3.63) is 53.9 Å². The maximum Gasteiger partial charge on any atom is 0.183 e. The lowest BCUT2D eigenvalue weighted by Crippen LogP contribution is -2.04. The van der Waals surface area contributed by atoms with Crippen molar-refractivity contribution >= 4 is 32.6 Å². The summed E-state index contributed by atoms with van der Waals surface area (Å²) < 4.78 is 32.0. The van der Waals surface area contributed by atoms with E-state index in [-0.39, 0.29) is 10.6 Å². The molecule has 0 bridgehead atoms. The summed E-state index contributed by atoms with van der Waals surface area (Å²) in [6.07, 6.45) is 3.42. The highest BCUT2D eigenvalue weighted by Crippen LogP contribution is 2.39. The van der Waals surface area contributed by atoms with E-state index in [1.54, 1.807) is 37.6 Å². The largest absolute Gasteiger partial charge is 0.496 e. The molecule has 2 aromatic heterocycles. The van der Waals surface area contributed by atoms with Crippen LogP contribution >= 0.6 is 11.6 Å². The highest BCUT2D eigenvalue weighted by Gasteiger charge is 2.18. The number of fused-ring (bicyclic) bond motifs is 1. The molecule has 0 saturated carbocycles. The van der Waals surface area contributed by atoms with Gasteiger partial charge in [-0.15, -0.1) is 5.10 Å². The number of hydrogen-bond acceptors (Lipinski definition) is 6.